The average Bonchev–Trinajstić information content (AvgIpc) is 2.23. The Balaban J connectivity index is 3.62. The molecular formula is C12H10ClNO4S. The van der Waals surface area contributed by atoms with E-state index in [0.29, 0.717) is 11.1 Å². The van der Waals surface area contributed by atoms with Crippen LogP contribution in [-0.2, 0) is 9.05 Å². The third-order valence-corrected chi connectivity index (χ3v) is 3.63. The summed E-state index contributed by atoms with van der Waals surface area (Å²) in [4.78, 5) is 9.94. The van der Waals surface area contributed by atoms with Gasteiger partial charge < -0.3 is 0 Å². The Kier molecular flexibility index (Phi) is 4.35. The molecule has 19 heavy (non-hydrogen) atoms. The molecule has 0 aliphatic heterocycles. The van der Waals surface area contributed by atoms with E-state index in [1.165, 1.54) is 13.0 Å². The van der Waals surface area contributed by atoms with Gasteiger partial charge in [0.2, 0.25) is 0 Å². The van der Waals surface area contributed by atoms with Crippen molar-refractivity contribution in [1.82, 2.24) is 0 Å². The van der Waals surface area contributed by atoms with Gasteiger partial charge in [0.05, 0.1) is 9.82 Å². The Morgan fingerprint density at radius 2 is 2.05 bits per heavy atom. The number of rotatable bonds is 2. The molecular weight excluding hydrogens is 290 g/mol. The highest BCUT2D eigenvalue weighted by Gasteiger charge is 2.21. The van der Waals surface area contributed by atoms with Crippen LogP contribution in [0.5, 0.6) is 0 Å². The molecule has 1 aromatic rings. The van der Waals surface area contributed by atoms with E-state index in [1.807, 2.05) is 0 Å². The number of nitro benzene ring substituents is 1. The number of halogens is 1. The first-order valence-corrected chi connectivity index (χ1v) is 7.35. The molecule has 0 aliphatic rings. The maximum absolute atomic E-state index is 11.3. The van der Waals surface area contributed by atoms with Crippen molar-refractivity contribution in [2.75, 3.05) is 0 Å². The smallest absolute Gasteiger partial charge is 0.258 e. The molecule has 0 saturated carbocycles. The van der Waals surface area contributed by atoms with E-state index in [0.717, 1.165) is 6.07 Å². The van der Waals surface area contributed by atoms with Gasteiger partial charge in [-0.15, -0.1) is 0 Å². The highest BCUT2D eigenvalue weighted by atomic mass is 35.7. The largest absolute Gasteiger partial charge is 0.286 e. The van der Waals surface area contributed by atoms with Gasteiger partial charge in [0.25, 0.3) is 14.7 Å². The van der Waals surface area contributed by atoms with Crippen LogP contribution in [0.2, 0.25) is 0 Å². The van der Waals surface area contributed by atoms with Gasteiger partial charge in [-0.2, -0.15) is 0 Å². The molecule has 0 fully saturated rings. The fraction of sp³-hybridized carbons (Fsp3) is 0.167. The van der Waals surface area contributed by atoms with E-state index in [9.17, 15) is 18.5 Å². The first kappa shape index (κ1) is 15.2. The zero-order valence-corrected chi connectivity index (χ0v) is 11.8. The molecule has 0 aromatic heterocycles. The Morgan fingerprint density at radius 1 is 1.47 bits per heavy atom. The maximum Gasteiger partial charge on any atom is 0.286 e. The summed E-state index contributed by atoms with van der Waals surface area (Å²) in [6.45, 7) is 6.71. The van der Waals surface area contributed by atoms with E-state index >= 15 is 0 Å². The van der Waals surface area contributed by atoms with E-state index in [4.69, 9.17) is 10.7 Å². The number of allylic oxidation sites excluding steroid dienone is 1. The van der Waals surface area contributed by atoms with Gasteiger partial charge in [-0.3, -0.25) is 10.1 Å². The van der Waals surface area contributed by atoms with E-state index in [-0.39, 0.29) is 10.5 Å². The van der Waals surface area contributed by atoms with E-state index in [1.54, 1.807) is 6.92 Å². The topological polar surface area (TPSA) is 77.3 Å². The lowest BCUT2D eigenvalue weighted by atomic mass is 10.1. The molecule has 1 aromatic carbocycles. The molecule has 0 heterocycles. The summed E-state index contributed by atoms with van der Waals surface area (Å²) < 4.78 is 22.6. The fourth-order valence-corrected chi connectivity index (χ4v) is 2.56. The molecule has 0 N–H and O–H groups in total. The van der Waals surface area contributed by atoms with E-state index in [2.05, 4.69) is 18.4 Å². The minimum Gasteiger partial charge on any atom is -0.258 e. The number of hydrogen-bond donors (Lipinski definition) is 0. The van der Waals surface area contributed by atoms with Gasteiger partial charge in [0, 0.05) is 16.7 Å². The normalized spacial score (nSPS) is 10.5. The van der Waals surface area contributed by atoms with Gasteiger partial charge in [0.15, 0.2) is 0 Å². The Bertz CT molecular complexity index is 726. The number of benzene rings is 1. The standard InChI is InChI=1S/C12H10ClNO4S/c1-8(2)4-5-10-6-9(3)12(19(13,17)18)7-11(10)14(15)16/h6-7H,1H2,2-3H3. The van der Waals surface area contributed by atoms with Crippen LogP contribution >= 0.6 is 10.7 Å². The van der Waals surface area contributed by atoms with Crippen LogP contribution in [0.4, 0.5) is 5.69 Å². The summed E-state index contributed by atoms with van der Waals surface area (Å²) in [5.41, 5.74) is 0.556. The lowest BCUT2D eigenvalue weighted by Gasteiger charge is -2.03. The summed E-state index contributed by atoms with van der Waals surface area (Å²) in [6.07, 6.45) is 0. The molecule has 7 heteroatoms. The lowest BCUT2D eigenvalue weighted by molar-refractivity contribution is -0.385. The molecule has 5 nitrogen and oxygen atoms in total. The van der Waals surface area contributed by atoms with Crippen LogP contribution in [0.15, 0.2) is 29.2 Å². The zero-order chi connectivity index (χ0) is 14.8. The van der Waals surface area contributed by atoms with Gasteiger partial charge in [-0.25, -0.2) is 8.42 Å². The monoisotopic (exact) mass is 299 g/mol. The lowest BCUT2D eigenvalue weighted by Crippen LogP contribution is -2.00. The van der Waals surface area contributed by atoms with Gasteiger partial charge in [0.1, 0.15) is 5.56 Å². The highest BCUT2D eigenvalue weighted by Crippen LogP contribution is 2.28. The van der Waals surface area contributed by atoms with Crippen molar-refractivity contribution in [3.05, 3.63) is 45.5 Å². The van der Waals surface area contributed by atoms with Crippen molar-refractivity contribution in [2.45, 2.75) is 18.7 Å². The second kappa shape index (κ2) is 5.43. The van der Waals surface area contributed by atoms with Crippen LogP contribution in [0, 0.1) is 28.9 Å². The first-order valence-electron chi connectivity index (χ1n) is 5.04. The summed E-state index contributed by atoms with van der Waals surface area (Å²) in [5.74, 6) is 5.20. The zero-order valence-electron chi connectivity index (χ0n) is 10.2. The first-order chi connectivity index (χ1) is 8.62. The van der Waals surface area contributed by atoms with Crippen molar-refractivity contribution in [1.29, 1.82) is 0 Å². The quantitative estimate of drug-likeness (QED) is 0.364. The van der Waals surface area contributed by atoms with Crippen LogP contribution in [0.1, 0.15) is 18.1 Å². The van der Waals surface area contributed by atoms with Crippen LogP contribution < -0.4 is 0 Å². The Labute approximate surface area is 115 Å². The van der Waals surface area contributed by atoms with Crippen LogP contribution in [0.25, 0.3) is 0 Å². The molecule has 0 amide bonds. The SMILES string of the molecule is C=C(C)C#Cc1cc(C)c(S(=O)(=O)Cl)cc1[N+](=O)[O-]. The maximum atomic E-state index is 11.3. The Morgan fingerprint density at radius 3 is 2.47 bits per heavy atom. The molecule has 0 saturated heterocycles. The second-order valence-electron chi connectivity index (χ2n) is 3.86. The van der Waals surface area contributed by atoms with Crippen molar-refractivity contribution in [3.8, 4) is 11.8 Å². The minimum atomic E-state index is -4.04. The van der Waals surface area contributed by atoms with Crippen LogP contribution in [-0.4, -0.2) is 13.3 Å². The number of nitro groups is 1. The molecule has 0 bridgehead atoms. The third-order valence-electron chi connectivity index (χ3n) is 2.16. The van der Waals surface area contributed by atoms with Crippen LogP contribution in [0.3, 0.4) is 0 Å². The summed E-state index contributed by atoms with van der Waals surface area (Å²) in [6, 6.07) is 2.24. The summed E-state index contributed by atoms with van der Waals surface area (Å²) in [5, 5.41) is 10.9. The summed E-state index contributed by atoms with van der Waals surface area (Å²) in [7, 11) is 1.18. The van der Waals surface area contributed by atoms with Crippen molar-refractivity contribution >= 4 is 25.4 Å². The molecule has 0 radical (unpaired) electrons. The predicted octanol–water partition coefficient (Wildman–Crippen LogP) is 2.76. The minimum absolute atomic E-state index is 0.120. The third kappa shape index (κ3) is 3.81. The predicted molar refractivity (Wildman–Crippen MR) is 72.6 cm³/mol. The summed E-state index contributed by atoms with van der Waals surface area (Å²) >= 11 is 0. The number of aryl methyl sites for hydroxylation is 1. The molecule has 0 unspecified atom stereocenters. The number of nitrogens with zero attached hydrogens (tertiary/aromatic N) is 1. The molecule has 100 valence electrons. The molecule has 0 atom stereocenters. The van der Waals surface area contributed by atoms with Gasteiger partial charge >= 0.3 is 0 Å². The van der Waals surface area contributed by atoms with E-state index < -0.39 is 19.7 Å². The highest BCUT2D eigenvalue weighted by molar-refractivity contribution is 8.13. The number of hydrogen-bond acceptors (Lipinski definition) is 4. The molecule has 1 rings (SSSR count). The average molecular weight is 300 g/mol. The van der Waals surface area contributed by atoms with Crippen molar-refractivity contribution < 1.29 is 13.3 Å². The van der Waals surface area contributed by atoms with Crippen molar-refractivity contribution in [2.24, 2.45) is 0 Å². The van der Waals surface area contributed by atoms with Crippen molar-refractivity contribution in [3.63, 3.8) is 0 Å². The molecule has 0 aliphatic carbocycles. The second-order valence-corrected chi connectivity index (χ2v) is 6.39. The Hall–Kier alpha value is -1.84. The van der Waals surface area contributed by atoms with Gasteiger partial charge in [-0.1, -0.05) is 18.4 Å². The molecule has 0 spiro atoms. The van der Waals surface area contributed by atoms with Gasteiger partial charge in [-0.05, 0) is 31.1 Å². The fourth-order valence-electron chi connectivity index (χ4n) is 1.37.